The van der Waals surface area contributed by atoms with Crippen LogP contribution in [0.1, 0.15) is 44.3 Å². The summed E-state index contributed by atoms with van der Waals surface area (Å²) in [6.07, 6.45) is 8.66. The zero-order valence-corrected chi connectivity index (χ0v) is 20.1. The van der Waals surface area contributed by atoms with Gasteiger partial charge in [0.25, 0.3) is 0 Å². The van der Waals surface area contributed by atoms with E-state index in [4.69, 9.17) is 4.98 Å². The van der Waals surface area contributed by atoms with Crippen molar-refractivity contribution >= 4 is 33.4 Å². The molecule has 0 radical (unpaired) electrons. The number of hydrogen-bond acceptors (Lipinski definition) is 5. The third-order valence-electron chi connectivity index (χ3n) is 7.01. The molecule has 5 nitrogen and oxygen atoms in total. The van der Waals surface area contributed by atoms with Gasteiger partial charge in [0.2, 0.25) is 0 Å². The summed E-state index contributed by atoms with van der Waals surface area (Å²) in [6.45, 7) is 2.36. The lowest BCUT2D eigenvalue weighted by Gasteiger charge is -2.31. The van der Waals surface area contributed by atoms with E-state index in [1.807, 2.05) is 12.3 Å². The molecule has 2 unspecified atom stereocenters. The van der Waals surface area contributed by atoms with Crippen LogP contribution in [0, 0.1) is 5.92 Å². The summed E-state index contributed by atoms with van der Waals surface area (Å²) in [5.74, 6) is 2.27. The third kappa shape index (κ3) is 3.86. The lowest BCUT2D eigenvalue weighted by molar-refractivity contribution is 0.247. The molecule has 0 aliphatic heterocycles. The van der Waals surface area contributed by atoms with Crippen LogP contribution >= 0.6 is 11.8 Å². The van der Waals surface area contributed by atoms with E-state index in [0.29, 0.717) is 12.0 Å². The number of fused-ring (bicyclic) bond motifs is 3. The summed E-state index contributed by atoms with van der Waals surface area (Å²) in [4.78, 5) is 9.39. The van der Waals surface area contributed by atoms with Gasteiger partial charge in [0.05, 0.1) is 11.2 Å². The maximum absolute atomic E-state index is 5.05. The molecule has 2 aromatic carbocycles. The highest BCUT2D eigenvalue weighted by Gasteiger charge is 2.29. The Morgan fingerprint density at radius 3 is 2.50 bits per heavy atom. The Hall–Kier alpha value is -3.25. The predicted octanol–water partition coefficient (Wildman–Crippen LogP) is 7.09. The normalized spacial score (nSPS) is 18.5. The molecular weight excluding hydrogens is 438 g/mol. The molecule has 6 heteroatoms. The van der Waals surface area contributed by atoms with Crippen LogP contribution in [0.15, 0.2) is 78.2 Å². The molecule has 5 aromatic rings. The van der Waals surface area contributed by atoms with Crippen LogP contribution < -0.4 is 0 Å². The standard InChI is InChI=1S/C28H27N5S/c1-19-9-2-7-15-26(19)33-27(20-10-8-16-29-17-20)31-32-28(33)34-18-25-23-13-4-3-11-21(23)22-12-5-6-14-24(22)30-25/h3-6,8,10-14,16-17,19,26H,2,7,9,15,18H2,1H3. The Balaban J connectivity index is 1.41. The van der Waals surface area contributed by atoms with Crippen LogP contribution in [-0.4, -0.2) is 24.7 Å². The number of nitrogens with zero attached hydrogens (tertiary/aromatic N) is 5. The maximum atomic E-state index is 5.05. The maximum Gasteiger partial charge on any atom is 0.192 e. The molecule has 170 valence electrons. The largest absolute Gasteiger partial charge is 0.299 e. The van der Waals surface area contributed by atoms with E-state index in [1.54, 1.807) is 18.0 Å². The van der Waals surface area contributed by atoms with E-state index in [0.717, 1.165) is 39.9 Å². The molecule has 0 N–H and O–H groups in total. The highest BCUT2D eigenvalue weighted by atomic mass is 32.2. The van der Waals surface area contributed by atoms with Crippen LogP contribution in [0.3, 0.4) is 0 Å². The number of pyridine rings is 2. The van der Waals surface area contributed by atoms with E-state index in [2.05, 4.69) is 81.3 Å². The summed E-state index contributed by atoms with van der Waals surface area (Å²) in [5.41, 5.74) is 3.15. The van der Waals surface area contributed by atoms with Gasteiger partial charge in [0.15, 0.2) is 11.0 Å². The number of hydrogen-bond donors (Lipinski definition) is 0. The highest BCUT2D eigenvalue weighted by molar-refractivity contribution is 7.98. The number of benzene rings is 2. The van der Waals surface area contributed by atoms with Gasteiger partial charge in [-0.25, -0.2) is 0 Å². The third-order valence-corrected chi connectivity index (χ3v) is 7.96. The van der Waals surface area contributed by atoms with Crippen LogP contribution in [0.25, 0.3) is 33.1 Å². The molecular formula is C28H27N5S. The minimum atomic E-state index is 0.405. The fourth-order valence-corrected chi connectivity index (χ4v) is 6.21. The molecule has 1 aliphatic rings. The first-order valence-corrected chi connectivity index (χ1v) is 13.0. The molecule has 1 fully saturated rings. The molecule has 3 heterocycles. The molecule has 0 spiro atoms. The molecule has 2 atom stereocenters. The molecule has 1 aliphatic carbocycles. The van der Waals surface area contributed by atoms with Crippen LogP contribution in [-0.2, 0) is 5.75 Å². The van der Waals surface area contributed by atoms with Crippen LogP contribution in [0.4, 0.5) is 0 Å². The van der Waals surface area contributed by atoms with Crippen molar-refractivity contribution in [1.82, 2.24) is 24.7 Å². The molecule has 1 saturated carbocycles. The first kappa shape index (κ1) is 21.3. The smallest absolute Gasteiger partial charge is 0.192 e. The number of aromatic nitrogens is 5. The van der Waals surface area contributed by atoms with Gasteiger partial charge in [-0.05, 0) is 42.3 Å². The van der Waals surface area contributed by atoms with Gasteiger partial charge in [-0.1, -0.05) is 74.0 Å². The Labute approximate surface area is 203 Å². The molecule has 34 heavy (non-hydrogen) atoms. The van der Waals surface area contributed by atoms with Crippen LogP contribution in [0.2, 0.25) is 0 Å². The predicted molar refractivity (Wildman–Crippen MR) is 139 cm³/mol. The van der Waals surface area contributed by atoms with Gasteiger partial charge in [-0.2, -0.15) is 0 Å². The Bertz CT molecular complexity index is 1450. The molecule has 6 rings (SSSR count). The fourth-order valence-electron chi connectivity index (χ4n) is 5.26. The lowest BCUT2D eigenvalue weighted by Crippen LogP contribution is -2.22. The van der Waals surface area contributed by atoms with Gasteiger partial charge in [-0.15, -0.1) is 10.2 Å². The number of para-hydroxylation sites is 1. The van der Waals surface area contributed by atoms with Crippen LogP contribution in [0.5, 0.6) is 0 Å². The highest BCUT2D eigenvalue weighted by Crippen LogP contribution is 2.40. The fraction of sp³-hybridized carbons (Fsp3) is 0.286. The molecule has 0 bridgehead atoms. The van der Waals surface area contributed by atoms with Gasteiger partial charge < -0.3 is 0 Å². The minimum absolute atomic E-state index is 0.405. The molecule has 0 saturated heterocycles. The molecule has 3 aromatic heterocycles. The summed E-state index contributed by atoms with van der Waals surface area (Å²) in [7, 11) is 0. The summed E-state index contributed by atoms with van der Waals surface area (Å²) in [5, 5.41) is 14.0. The summed E-state index contributed by atoms with van der Waals surface area (Å²) < 4.78 is 2.38. The Kier molecular flexibility index (Phi) is 5.75. The van der Waals surface area contributed by atoms with Crippen molar-refractivity contribution in [3.05, 3.63) is 78.8 Å². The quantitative estimate of drug-likeness (QED) is 0.205. The van der Waals surface area contributed by atoms with Crippen molar-refractivity contribution in [1.29, 1.82) is 0 Å². The van der Waals surface area contributed by atoms with Gasteiger partial charge in [-0.3, -0.25) is 14.5 Å². The SMILES string of the molecule is CC1CCCCC1n1c(SCc2nc3ccccc3c3ccccc23)nnc1-c1cccnc1. The average Bonchev–Trinajstić information content (AvgIpc) is 3.32. The number of thioether (sulfide) groups is 1. The van der Waals surface area contributed by atoms with E-state index in [9.17, 15) is 0 Å². The first-order chi connectivity index (χ1) is 16.8. The van der Waals surface area contributed by atoms with Gasteiger partial charge >= 0.3 is 0 Å². The monoisotopic (exact) mass is 465 g/mol. The zero-order chi connectivity index (χ0) is 22.9. The van der Waals surface area contributed by atoms with Crippen molar-refractivity contribution in [3.63, 3.8) is 0 Å². The van der Waals surface area contributed by atoms with Crippen molar-refractivity contribution in [2.24, 2.45) is 5.92 Å². The second-order valence-corrected chi connectivity index (χ2v) is 10.1. The van der Waals surface area contributed by atoms with Crippen molar-refractivity contribution < 1.29 is 0 Å². The van der Waals surface area contributed by atoms with Crippen molar-refractivity contribution in [2.75, 3.05) is 0 Å². The lowest BCUT2D eigenvalue weighted by atomic mass is 9.85. The van der Waals surface area contributed by atoms with E-state index >= 15 is 0 Å². The Morgan fingerprint density at radius 1 is 0.882 bits per heavy atom. The zero-order valence-electron chi connectivity index (χ0n) is 19.3. The second-order valence-electron chi connectivity index (χ2n) is 9.16. The van der Waals surface area contributed by atoms with E-state index < -0.39 is 0 Å². The average molecular weight is 466 g/mol. The Morgan fingerprint density at radius 2 is 1.68 bits per heavy atom. The summed E-state index contributed by atoms with van der Waals surface area (Å²) >= 11 is 1.74. The van der Waals surface area contributed by atoms with Gasteiger partial charge in [0.1, 0.15) is 0 Å². The minimum Gasteiger partial charge on any atom is -0.299 e. The molecule has 0 amide bonds. The van der Waals surface area contributed by atoms with Crippen molar-refractivity contribution in [2.45, 2.75) is 49.6 Å². The van der Waals surface area contributed by atoms with E-state index in [-0.39, 0.29) is 0 Å². The summed E-state index contributed by atoms with van der Waals surface area (Å²) in [6, 6.07) is 21.4. The second kappa shape index (κ2) is 9.18. The first-order valence-electron chi connectivity index (χ1n) is 12.0. The topological polar surface area (TPSA) is 56.5 Å². The van der Waals surface area contributed by atoms with Gasteiger partial charge in [0, 0.05) is 40.5 Å². The van der Waals surface area contributed by atoms with Crippen molar-refractivity contribution in [3.8, 4) is 11.4 Å². The van der Waals surface area contributed by atoms with E-state index in [1.165, 1.54) is 35.4 Å². The number of rotatable bonds is 5.